The molecule has 0 spiro atoms. The lowest BCUT2D eigenvalue weighted by Gasteiger charge is -2.16. The van der Waals surface area contributed by atoms with E-state index in [9.17, 15) is 0 Å². The summed E-state index contributed by atoms with van der Waals surface area (Å²) in [5.74, 6) is 0. The Labute approximate surface area is 491 Å². The number of hydrogen-bond acceptors (Lipinski definition) is 2. The van der Waals surface area contributed by atoms with Crippen molar-refractivity contribution in [3.05, 3.63) is 309 Å². The third-order valence-electron chi connectivity index (χ3n) is 17.3. The Morgan fingerprint density at radius 1 is 0.200 bits per heavy atom. The van der Waals surface area contributed by atoms with Crippen LogP contribution in [0.3, 0.4) is 0 Å². The van der Waals surface area contributed by atoms with Gasteiger partial charge in [0.15, 0.2) is 0 Å². The Kier molecular flexibility index (Phi) is 11.2. The van der Waals surface area contributed by atoms with E-state index >= 15 is 0 Å². The number of para-hydroxylation sites is 4. The zero-order valence-electron chi connectivity index (χ0n) is 46.3. The summed E-state index contributed by atoms with van der Waals surface area (Å²) in [6, 6.07) is 113. The molecular formula is C80H53N5. The smallest absolute Gasteiger partial charge is 0.0621 e. The lowest BCUT2D eigenvalue weighted by Crippen LogP contribution is -1.97. The van der Waals surface area contributed by atoms with E-state index in [1.807, 2.05) is 0 Å². The van der Waals surface area contributed by atoms with Gasteiger partial charge in [-0.1, -0.05) is 200 Å². The van der Waals surface area contributed by atoms with Crippen molar-refractivity contribution < 1.29 is 0 Å². The van der Waals surface area contributed by atoms with E-state index in [0.717, 1.165) is 72.7 Å². The quantitative estimate of drug-likeness (QED) is 0.143. The standard InChI is InChI=1S/C80H53N5/c1-4-20-52(21-5-1)53-38-42-62(43-39-53)83-77-44-40-56(81-58-48-71(65-34-18-24-54-22-10-12-30-63(54)65)79-73(50-58)67-32-14-16-36-75(67)84(79)60-26-6-2-7-27-60)46-69(77)70-47-57(41-45-78(70)83)82-59-49-72(66-35-19-25-55-23-11-13-31-64(55)66)80-74(51-59)68-33-15-17-37-76(68)85(80)61-28-8-3-9-29-61/h1-51,81-82H. The van der Waals surface area contributed by atoms with E-state index in [0.29, 0.717) is 0 Å². The van der Waals surface area contributed by atoms with E-state index in [1.54, 1.807) is 0 Å². The maximum atomic E-state index is 4.00. The topological polar surface area (TPSA) is 38.9 Å². The van der Waals surface area contributed by atoms with Gasteiger partial charge in [-0.05, 0) is 153 Å². The molecule has 0 bridgehead atoms. The summed E-state index contributed by atoms with van der Waals surface area (Å²) in [6.07, 6.45) is 0. The summed E-state index contributed by atoms with van der Waals surface area (Å²) in [7, 11) is 0. The minimum absolute atomic E-state index is 0.999. The Bertz CT molecular complexity index is 5150. The van der Waals surface area contributed by atoms with Crippen LogP contribution < -0.4 is 10.6 Å². The Morgan fingerprint density at radius 2 is 0.565 bits per heavy atom. The van der Waals surface area contributed by atoms with Crippen molar-refractivity contribution in [2.45, 2.75) is 0 Å². The lowest BCUT2D eigenvalue weighted by atomic mass is 9.95. The Morgan fingerprint density at radius 3 is 1.05 bits per heavy atom. The molecule has 2 N–H and O–H groups in total. The molecule has 17 aromatic rings. The SMILES string of the molecule is c1ccc(-c2ccc(-n3c4ccc(Nc5cc(-c6cccc7ccccc67)c6c(c5)c5ccccc5n6-c5ccccc5)cc4c4cc(Nc5cc(-c6cccc7ccccc67)c6c(c5)c5ccccc5n6-c5ccccc5)ccc43)cc2)cc1. The molecule has 0 fully saturated rings. The molecule has 85 heavy (non-hydrogen) atoms. The van der Waals surface area contributed by atoms with E-state index in [1.165, 1.54) is 87.4 Å². The number of anilines is 4. The van der Waals surface area contributed by atoms with Crippen LogP contribution in [0.2, 0.25) is 0 Å². The van der Waals surface area contributed by atoms with Crippen molar-refractivity contribution >= 4 is 110 Å². The van der Waals surface area contributed by atoms with Gasteiger partial charge in [0.1, 0.15) is 0 Å². The molecule has 0 saturated carbocycles. The van der Waals surface area contributed by atoms with E-state index in [4.69, 9.17) is 0 Å². The summed E-state index contributed by atoms with van der Waals surface area (Å²) in [5.41, 5.74) is 21.4. The number of nitrogens with one attached hydrogen (secondary N) is 2. The predicted octanol–water partition coefficient (Wildman–Crippen LogP) is 21.8. The van der Waals surface area contributed by atoms with E-state index in [-0.39, 0.29) is 0 Å². The van der Waals surface area contributed by atoms with Crippen molar-refractivity contribution in [3.8, 4) is 50.4 Å². The normalized spacial score (nSPS) is 11.8. The molecule has 17 rings (SSSR count). The van der Waals surface area contributed by atoms with Gasteiger partial charge in [0.05, 0.1) is 33.1 Å². The summed E-state index contributed by atoms with van der Waals surface area (Å²) in [5, 5.41) is 19.9. The van der Waals surface area contributed by atoms with Crippen molar-refractivity contribution in [2.75, 3.05) is 10.6 Å². The largest absolute Gasteiger partial charge is 0.355 e. The minimum Gasteiger partial charge on any atom is -0.355 e. The van der Waals surface area contributed by atoms with Crippen LogP contribution in [0.15, 0.2) is 309 Å². The van der Waals surface area contributed by atoms with Gasteiger partial charge in [0.25, 0.3) is 0 Å². The minimum atomic E-state index is 0.999. The second-order valence-electron chi connectivity index (χ2n) is 22.2. The Hall–Kier alpha value is -11.4. The number of aromatic nitrogens is 3. The van der Waals surface area contributed by atoms with Gasteiger partial charge in [-0.25, -0.2) is 0 Å². The van der Waals surface area contributed by atoms with Crippen molar-refractivity contribution in [1.82, 2.24) is 13.7 Å². The monoisotopic (exact) mass is 1080 g/mol. The summed E-state index contributed by atoms with van der Waals surface area (Å²) >= 11 is 0. The molecule has 3 heterocycles. The highest BCUT2D eigenvalue weighted by Gasteiger charge is 2.23. The lowest BCUT2D eigenvalue weighted by molar-refractivity contribution is 1.18. The van der Waals surface area contributed by atoms with Gasteiger partial charge in [-0.3, -0.25) is 0 Å². The van der Waals surface area contributed by atoms with Crippen LogP contribution in [0.4, 0.5) is 22.7 Å². The number of benzene rings is 14. The fourth-order valence-corrected chi connectivity index (χ4v) is 13.6. The van der Waals surface area contributed by atoms with Crippen molar-refractivity contribution in [3.63, 3.8) is 0 Å². The zero-order chi connectivity index (χ0) is 56.0. The summed E-state index contributed by atoms with van der Waals surface area (Å²) in [6.45, 7) is 0. The molecular weight excluding hydrogens is 1030 g/mol. The van der Waals surface area contributed by atoms with Crippen LogP contribution in [0, 0.1) is 0 Å². The third-order valence-corrected chi connectivity index (χ3v) is 17.3. The maximum absolute atomic E-state index is 4.00. The summed E-state index contributed by atoms with van der Waals surface area (Å²) < 4.78 is 7.30. The van der Waals surface area contributed by atoms with Crippen LogP contribution >= 0.6 is 0 Å². The number of rotatable bonds is 10. The highest BCUT2D eigenvalue weighted by Crippen LogP contribution is 2.46. The first-order valence-electron chi connectivity index (χ1n) is 29.1. The molecule has 0 atom stereocenters. The Balaban J connectivity index is 0.849. The van der Waals surface area contributed by atoms with Crippen LogP contribution in [-0.4, -0.2) is 13.7 Å². The van der Waals surface area contributed by atoms with Gasteiger partial charge >= 0.3 is 0 Å². The van der Waals surface area contributed by atoms with Gasteiger partial charge in [0, 0.05) is 83.3 Å². The molecule has 0 unspecified atom stereocenters. The number of hydrogen-bond donors (Lipinski definition) is 2. The molecule has 5 nitrogen and oxygen atoms in total. The summed E-state index contributed by atoms with van der Waals surface area (Å²) in [4.78, 5) is 0. The fourth-order valence-electron chi connectivity index (χ4n) is 13.6. The molecule has 0 amide bonds. The third kappa shape index (κ3) is 8.01. The van der Waals surface area contributed by atoms with Gasteiger partial charge in [0.2, 0.25) is 0 Å². The molecule has 3 aromatic heterocycles. The first-order valence-corrected chi connectivity index (χ1v) is 29.1. The molecule has 0 aliphatic carbocycles. The van der Waals surface area contributed by atoms with Crippen molar-refractivity contribution in [1.29, 1.82) is 0 Å². The zero-order valence-corrected chi connectivity index (χ0v) is 46.3. The van der Waals surface area contributed by atoms with Crippen LogP contribution in [-0.2, 0) is 0 Å². The van der Waals surface area contributed by atoms with Crippen LogP contribution in [0.1, 0.15) is 0 Å². The number of nitrogens with zero attached hydrogens (tertiary/aromatic N) is 3. The molecule has 5 heteroatoms. The highest BCUT2D eigenvalue weighted by molar-refractivity contribution is 6.19. The second kappa shape index (κ2) is 19.7. The van der Waals surface area contributed by atoms with Crippen LogP contribution in [0.5, 0.6) is 0 Å². The molecule has 398 valence electrons. The first-order chi connectivity index (χ1) is 42.1. The molecule has 0 saturated heterocycles. The highest BCUT2D eigenvalue weighted by atomic mass is 15.0. The van der Waals surface area contributed by atoms with Crippen molar-refractivity contribution in [2.24, 2.45) is 0 Å². The fraction of sp³-hybridized carbons (Fsp3) is 0. The van der Waals surface area contributed by atoms with E-state index < -0.39 is 0 Å². The predicted molar refractivity (Wildman–Crippen MR) is 360 cm³/mol. The number of fused-ring (bicyclic) bond motifs is 11. The van der Waals surface area contributed by atoms with Crippen LogP contribution in [0.25, 0.3) is 137 Å². The van der Waals surface area contributed by atoms with Gasteiger partial charge in [-0.15, -0.1) is 0 Å². The molecule has 0 radical (unpaired) electrons. The second-order valence-corrected chi connectivity index (χ2v) is 22.2. The maximum Gasteiger partial charge on any atom is 0.0621 e. The van der Waals surface area contributed by atoms with E-state index in [2.05, 4.69) is 334 Å². The van der Waals surface area contributed by atoms with Gasteiger partial charge in [-0.2, -0.15) is 0 Å². The first kappa shape index (κ1) is 48.3. The van der Waals surface area contributed by atoms with Gasteiger partial charge < -0.3 is 24.3 Å². The average Bonchev–Trinajstić information content (AvgIpc) is 2.51. The average molecular weight is 1080 g/mol. The molecule has 0 aliphatic rings. The molecule has 14 aromatic carbocycles. The molecule has 0 aliphatic heterocycles.